The summed E-state index contributed by atoms with van der Waals surface area (Å²) in [4.78, 5) is 5.12. The van der Waals surface area contributed by atoms with Crippen molar-refractivity contribution in [1.82, 2.24) is 15.1 Å². The number of nitrogens with one attached hydrogen (secondary N) is 1. The maximum Gasteiger partial charge on any atom is 0.0246 e. The van der Waals surface area contributed by atoms with Gasteiger partial charge in [0.1, 0.15) is 0 Å². The molecule has 3 nitrogen and oxygen atoms in total. The molecule has 1 N–H and O–H groups in total. The van der Waals surface area contributed by atoms with Crippen LogP contribution in [0.15, 0.2) is 0 Å². The minimum atomic E-state index is 0.705. The first-order valence-corrected chi connectivity index (χ1v) is 7.76. The van der Waals surface area contributed by atoms with Crippen LogP contribution in [0.25, 0.3) is 0 Å². The highest BCUT2D eigenvalue weighted by Gasteiger charge is 2.28. The summed E-state index contributed by atoms with van der Waals surface area (Å²) in [5.41, 5.74) is 0. The Labute approximate surface area is 113 Å². The molecule has 2 fully saturated rings. The number of likely N-dealkylation sites (N-methyl/N-ethyl adjacent to an activating group) is 2. The summed E-state index contributed by atoms with van der Waals surface area (Å²) >= 11 is 0. The highest BCUT2D eigenvalue weighted by Crippen LogP contribution is 2.24. The molecule has 3 atom stereocenters. The highest BCUT2D eigenvalue weighted by molar-refractivity contribution is 4.87. The number of hydrogen-bond donors (Lipinski definition) is 1. The SMILES string of the molecule is CNC1CCCCCC1N(C)CC1CCN(C)C1. The Bertz CT molecular complexity index is 244. The van der Waals surface area contributed by atoms with Gasteiger partial charge < -0.3 is 15.1 Å². The van der Waals surface area contributed by atoms with Crippen molar-refractivity contribution in [3.05, 3.63) is 0 Å². The molecule has 1 saturated heterocycles. The zero-order chi connectivity index (χ0) is 13.0. The number of hydrogen-bond acceptors (Lipinski definition) is 3. The average molecular weight is 253 g/mol. The molecule has 0 aromatic heterocycles. The second-order valence-electron chi connectivity index (χ2n) is 6.46. The van der Waals surface area contributed by atoms with Crippen molar-refractivity contribution in [3.8, 4) is 0 Å². The van der Waals surface area contributed by atoms with Gasteiger partial charge in [-0.05, 0) is 52.9 Å². The summed E-state index contributed by atoms with van der Waals surface area (Å²) < 4.78 is 0. The predicted octanol–water partition coefficient (Wildman–Crippen LogP) is 1.79. The third kappa shape index (κ3) is 3.69. The molecular weight excluding hydrogens is 222 g/mol. The van der Waals surface area contributed by atoms with Crippen molar-refractivity contribution in [2.24, 2.45) is 5.92 Å². The van der Waals surface area contributed by atoms with Crippen molar-refractivity contribution in [3.63, 3.8) is 0 Å². The molecule has 1 heterocycles. The van der Waals surface area contributed by atoms with Crippen LogP contribution in [0.5, 0.6) is 0 Å². The molecule has 106 valence electrons. The van der Waals surface area contributed by atoms with E-state index in [2.05, 4.69) is 36.3 Å². The van der Waals surface area contributed by atoms with E-state index >= 15 is 0 Å². The quantitative estimate of drug-likeness (QED) is 0.771. The molecule has 1 saturated carbocycles. The Morgan fingerprint density at radius 3 is 2.61 bits per heavy atom. The monoisotopic (exact) mass is 253 g/mol. The molecule has 0 bridgehead atoms. The molecule has 2 rings (SSSR count). The number of nitrogens with zero attached hydrogens (tertiary/aromatic N) is 2. The van der Waals surface area contributed by atoms with Gasteiger partial charge in [-0.25, -0.2) is 0 Å². The van der Waals surface area contributed by atoms with Crippen LogP contribution >= 0.6 is 0 Å². The largest absolute Gasteiger partial charge is 0.315 e. The fourth-order valence-electron chi connectivity index (χ4n) is 3.87. The predicted molar refractivity (Wildman–Crippen MR) is 78.0 cm³/mol. The van der Waals surface area contributed by atoms with E-state index < -0.39 is 0 Å². The van der Waals surface area contributed by atoms with E-state index in [1.165, 1.54) is 58.2 Å². The second kappa shape index (κ2) is 6.88. The van der Waals surface area contributed by atoms with Gasteiger partial charge in [-0.2, -0.15) is 0 Å². The third-order valence-corrected chi connectivity index (χ3v) is 4.95. The zero-order valence-corrected chi connectivity index (χ0v) is 12.5. The first kappa shape index (κ1) is 14.3. The smallest absolute Gasteiger partial charge is 0.0246 e. The van der Waals surface area contributed by atoms with E-state index in [-0.39, 0.29) is 0 Å². The van der Waals surface area contributed by atoms with Crippen molar-refractivity contribution in [2.75, 3.05) is 40.8 Å². The van der Waals surface area contributed by atoms with E-state index in [1.807, 2.05) is 0 Å². The molecule has 18 heavy (non-hydrogen) atoms. The van der Waals surface area contributed by atoms with Gasteiger partial charge in [-0.3, -0.25) is 0 Å². The van der Waals surface area contributed by atoms with E-state index in [0.717, 1.165) is 12.0 Å². The average Bonchev–Trinajstić information content (AvgIpc) is 2.65. The van der Waals surface area contributed by atoms with Crippen molar-refractivity contribution in [1.29, 1.82) is 0 Å². The minimum absolute atomic E-state index is 0.705. The topological polar surface area (TPSA) is 18.5 Å². The van der Waals surface area contributed by atoms with Crippen molar-refractivity contribution >= 4 is 0 Å². The van der Waals surface area contributed by atoms with Gasteiger partial charge in [-0.15, -0.1) is 0 Å². The van der Waals surface area contributed by atoms with Crippen LogP contribution in [0.3, 0.4) is 0 Å². The van der Waals surface area contributed by atoms with Gasteiger partial charge >= 0.3 is 0 Å². The normalized spacial score (nSPS) is 35.0. The molecule has 1 aliphatic carbocycles. The lowest BCUT2D eigenvalue weighted by molar-refractivity contribution is 0.162. The molecule has 0 amide bonds. The molecule has 0 radical (unpaired) electrons. The van der Waals surface area contributed by atoms with Gasteiger partial charge in [0.15, 0.2) is 0 Å². The van der Waals surface area contributed by atoms with Crippen LogP contribution in [0.1, 0.15) is 38.5 Å². The molecule has 0 aromatic rings. The summed E-state index contributed by atoms with van der Waals surface area (Å²) in [6.45, 7) is 3.87. The van der Waals surface area contributed by atoms with Crippen LogP contribution in [0.2, 0.25) is 0 Å². The van der Waals surface area contributed by atoms with Gasteiger partial charge in [0.2, 0.25) is 0 Å². The Hall–Kier alpha value is -0.120. The lowest BCUT2D eigenvalue weighted by atomic mass is 10.00. The molecule has 3 unspecified atom stereocenters. The molecule has 0 spiro atoms. The van der Waals surface area contributed by atoms with Crippen LogP contribution in [0.4, 0.5) is 0 Å². The van der Waals surface area contributed by atoms with Gasteiger partial charge in [-0.1, -0.05) is 19.3 Å². The molecular formula is C15H31N3. The second-order valence-corrected chi connectivity index (χ2v) is 6.46. The lowest BCUT2D eigenvalue weighted by Gasteiger charge is -2.35. The summed E-state index contributed by atoms with van der Waals surface area (Å²) in [6, 6.07) is 1.46. The van der Waals surface area contributed by atoms with Gasteiger partial charge in [0, 0.05) is 25.2 Å². The fraction of sp³-hybridized carbons (Fsp3) is 1.00. The maximum atomic E-state index is 3.56. The van der Waals surface area contributed by atoms with Crippen molar-refractivity contribution < 1.29 is 0 Å². The third-order valence-electron chi connectivity index (χ3n) is 4.95. The van der Waals surface area contributed by atoms with Crippen LogP contribution < -0.4 is 5.32 Å². The fourth-order valence-corrected chi connectivity index (χ4v) is 3.87. The first-order valence-electron chi connectivity index (χ1n) is 7.76. The Kier molecular flexibility index (Phi) is 5.46. The van der Waals surface area contributed by atoms with Gasteiger partial charge in [0.25, 0.3) is 0 Å². The molecule has 1 aliphatic heterocycles. The van der Waals surface area contributed by atoms with E-state index in [1.54, 1.807) is 0 Å². The Balaban J connectivity index is 1.86. The van der Waals surface area contributed by atoms with E-state index in [9.17, 15) is 0 Å². The van der Waals surface area contributed by atoms with E-state index in [0.29, 0.717) is 6.04 Å². The first-order chi connectivity index (χ1) is 8.70. The zero-order valence-electron chi connectivity index (χ0n) is 12.5. The highest BCUT2D eigenvalue weighted by atomic mass is 15.2. The maximum absolute atomic E-state index is 3.56. The molecule has 3 heteroatoms. The number of rotatable bonds is 4. The summed E-state index contributed by atoms with van der Waals surface area (Å²) in [5, 5.41) is 3.56. The molecule has 0 aromatic carbocycles. The summed E-state index contributed by atoms with van der Waals surface area (Å²) in [7, 11) is 6.74. The number of likely N-dealkylation sites (tertiary alicyclic amines) is 1. The van der Waals surface area contributed by atoms with E-state index in [4.69, 9.17) is 0 Å². The minimum Gasteiger partial charge on any atom is -0.315 e. The Morgan fingerprint density at radius 2 is 1.94 bits per heavy atom. The van der Waals surface area contributed by atoms with Crippen molar-refractivity contribution in [2.45, 2.75) is 50.6 Å². The summed E-state index contributed by atoms with van der Waals surface area (Å²) in [5.74, 6) is 0.890. The summed E-state index contributed by atoms with van der Waals surface area (Å²) in [6.07, 6.45) is 8.37. The van der Waals surface area contributed by atoms with Gasteiger partial charge in [0.05, 0.1) is 0 Å². The lowest BCUT2D eigenvalue weighted by Crippen LogP contribution is -2.48. The standard InChI is InChI=1S/C15H31N3/c1-16-14-7-5-4-6-8-15(14)18(3)12-13-9-10-17(2)11-13/h13-16H,4-12H2,1-3H3. The molecule has 2 aliphatic rings. The van der Waals surface area contributed by atoms with Crippen LogP contribution in [-0.4, -0.2) is 62.7 Å². The van der Waals surface area contributed by atoms with Crippen LogP contribution in [0, 0.1) is 5.92 Å². The van der Waals surface area contributed by atoms with Crippen LogP contribution in [-0.2, 0) is 0 Å². The Morgan fingerprint density at radius 1 is 1.17 bits per heavy atom.